The van der Waals surface area contributed by atoms with Crippen molar-refractivity contribution in [3.8, 4) is 11.5 Å². The van der Waals surface area contributed by atoms with Gasteiger partial charge in [0.2, 0.25) is 0 Å². The van der Waals surface area contributed by atoms with E-state index in [4.69, 9.17) is 10.5 Å². The number of nitrogens with one attached hydrogen (secondary N) is 1. The van der Waals surface area contributed by atoms with E-state index in [-0.39, 0.29) is 11.7 Å². The fraction of sp³-hybridized carbons (Fsp3) is 0.143. The molecule has 0 saturated carbocycles. The molecule has 0 spiro atoms. The van der Waals surface area contributed by atoms with Crippen molar-refractivity contribution >= 4 is 11.7 Å². The minimum absolute atomic E-state index is 0.235. The number of para-hydroxylation sites is 1. The molecule has 132 valence electrons. The summed E-state index contributed by atoms with van der Waals surface area (Å²) in [6.45, 7) is 4.20. The van der Waals surface area contributed by atoms with Crippen molar-refractivity contribution in [1.82, 2.24) is 10.3 Å². The number of hydrogen-bond donors (Lipinski definition) is 2. The molecule has 2 aromatic carbocycles. The van der Waals surface area contributed by atoms with Crippen LogP contribution in [-0.4, -0.2) is 10.9 Å². The van der Waals surface area contributed by atoms with Crippen molar-refractivity contribution in [3.63, 3.8) is 0 Å². The fourth-order valence-electron chi connectivity index (χ4n) is 2.56. The highest BCUT2D eigenvalue weighted by Crippen LogP contribution is 2.25. The topological polar surface area (TPSA) is 77.2 Å². The van der Waals surface area contributed by atoms with Crippen LogP contribution >= 0.6 is 0 Å². The lowest BCUT2D eigenvalue weighted by molar-refractivity contribution is 0.0951. The lowest BCUT2D eigenvalue weighted by atomic mass is 10.2. The largest absolute Gasteiger partial charge is 0.457 e. The van der Waals surface area contributed by atoms with E-state index >= 15 is 0 Å². The van der Waals surface area contributed by atoms with Crippen LogP contribution in [0.25, 0.3) is 0 Å². The first-order valence-electron chi connectivity index (χ1n) is 8.36. The molecule has 26 heavy (non-hydrogen) atoms. The van der Waals surface area contributed by atoms with Gasteiger partial charge in [0.25, 0.3) is 5.91 Å². The molecule has 0 unspecified atom stereocenters. The number of pyridine rings is 1. The molecule has 0 bridgehead atoms. The zero-order chi connectivity index (χ0) is 18.5. The first-order valence-corrected chi connectivity index (χ1v) is 8.36. The number of nitrogens with zero attached hydrogens (tertiary/aromatic N) is 1. The first-order chi connectivity index (χ1) is 12.5. The van der Waals surface area contributed by atoms with Crippen molar-refractivity contribution in [2.24, 2.45) is 0 Å². The fourth-order valence-corrected chi connectivity index (χ4v) is 2.56. The predicted molar refractivity (Wildman–Crippen MR) is 102 cm³/mol. The SMILES string of the molecule is Cc1ccc(C(=O)NCc2cccc(Oc3ccccc3C)c2)c(N)n1. The number of aromatic nitrogens is 1. The zero-order valence-corrected chi connectivity index (χ0v) is 14.8. The highest BCUT2D eigenvalue weighted by molar-refractivity contribution is 5.98. The molecule has 1 heterocycles. The molecule has 3 rings (SSSR count). The third-order valence-electron chi connectivity index (χ3n) is 3.98. The Morgan fingerprint density at radius 2 is 1.88 bits per heavy atom. The van der Waals surface area contributed by atoms with Crippen LogP contribution < -0.4 is 15.8 Å². The molecule has 0 atom stereocenters. The maximum Gasteiger partial charge on any atom is 0.255 e. The van der Waals surface area contributed by atoms with Crippen molar-refractivity contribution in [3.05, 3.63) is 83.0 Å². The molecule has 0 aliphatic carbocycles. The Kier molecular flexibility index (Phi) is 5.17. The van der Waals surface area contributed by atoms with Gasteiger partial charge in [0.15, 0.2) is 0 Å². The van der Waals surface area contributed by atoms with E-state index in [0.717, 1.165) is 28.3 Å². The van der Waals surface area contributed by atoms with E-state index < -0.39 is 0 Å². The summed E-state index contributed by atoms with van der Waals surface area (Å²) in [7, 11) is 0. The molecule has 0 aliphatic heterocycles. The highest BCUT2D eigenvalue weighted by Gasteiger charge is 2.10. The molecule has 1 aromatic heterocycles. The summed E-state index contributed by atoms with van der Waals surface area (Å²) >= 11 is 0. The number of amides is 1. The molecule has 5 nitrogen and oxygen atoms in total. The van der Waals surface area contributed by atoms with Gasteiger partial charge in [0, 0.05) is 12.2 Å². The Hall–Kier alpha value is -3.34. The molecule has 3 aromatic rings. The van der Waals surface area contributed by atoms with E-state index in [1.807, 2.05) is 62.4 Å². The van der Waals surface area contributed by atoms with Crippen LogP contribution in [0.3, 0.4) is 0 Å². The zero-order valence-electron chi connectivity index (χ0n) is 14.8. The number of hydrogen-bond acceptors (Lipinski definition) is 4. The molecule has 0 saturated heterocycles. The number of anilines is 1. The molecule has 3 N–H and O–H groups in total. The minimum Gasteiger partial charge on any atom is -0.457 e. The van der Waals surface area contributed by atoms with Gasteiger partial charge in [-0.1, -0.05) is 30.3 Å². The molecular formula is C21H21N3O2. The van der Waals surface area contributed by atoms with Crippen LogP contribution in [0.2, 0.25) is 0 Å². The lowest BCUT2D eigenvalue weighted by Crippen LogP contribution is -2.24. The monoisotopic (exact) mass is 347 g/mol. The number of ether oxygens (including phenoxy) is 1. The van der Waals surface area contributed by atoms with Crippen LogP contribution in [0.5, 0.6) is 11.5 Å². The van der Waals surface area contributed by atoms with Gasteiger partial charge in [-0.05, 0) is 55.3 Å². The minimum atomic E-state index is -0.250. The Labute approximate surface area is 152 Å². The second kappa shape index (κ2) is 7.70. The van der Waals surface area contributed by atoms with E-state index in [2.05, 4.69) is 10.3 Å². The Morgan fingerprint density at radius 1 is 1.08 bits per heavy atom. The van der Waals surface area contributed by atoms with Crippen LogP contribution in [-0.2, 0) is 6.54 Å². The quantitative estimate of drug-likeness (QED) is 0.731. The summed E-state index contributed by atoms with van der Waals surface area (Å²) < 4.78 is 5.93. The number of carbonyl (C=O) groups is 1. The van der Waals surface area contributed by atoms with Crippen molar-refractivity contribution in [2.45, 2.75) is 20.4 Å². The lowest BCUT2D eigenvalue weighted by Gasteiger charge is -2.11. The van der Waals surface area contributed by atoms with Gasteiger partial charge in [-0.15, -0.1) is 0 Å². The molecule has 0 aliphatic rings. The summed E-state index contributed by atoms with van der Waals surface area (Å²) in [5.74, 6) is 1.52. The normalized spacial score (nSPS) is 10.4. The summed E-state index contributed by atoms with van der Waals surface area (Å²) in [6, 6.07) is 18.9. The van der Waals surface area contributed by atoms with Crippen molar-refractivity contribution < 1.29 is 9.53 Å². The average molecular weight is 347 g/mol. The van der Waals surface area contributed by atoms with Gasteiger partial charge in [0.1, 0.15) is 17.3 Å². The van der Waals surface area contributed by atoms with E-state index in [9.17, 15) is 4.79 Å². The van der Waals surface area contributed by atoms with E-state index in [0.29, 0.717) is 12.1 Å². The maximum absolute atomic E-state index is 12.3. The third-order valence-corrected chi connectivity index (χ3v) is 3.98. The Morgan fingerprint density at radius 3 is 2.65 bits per heavy atom. The van der Waals surface area contributed by atoms with Crippen LogP contribution in [0.15, 0.2) is 60.7 Å². The Bertz CT molecular complexity index is 938. The van der Waals surface area contributed by atoms with Gasteiger partial charge in [-0.2, -0.15) is 0 Å². The van der Waals surface area contributed by atoms with Crippen molar-refractivity contribution in [2.75, 3.05) is 5.73 Å². The van der Waals surface area contributed by atoms with Crippen LogP contribution in [0, 0.1) is 13.8 Å². The number of benzene rings is 2. The molecule has 5 heteroatoms. The molecule has 0 radical (unpaired) electrons. The second-order valence-electron chi connectivity index (χ2n) is 6.08. The highest BCUT2D eigenvalue weighted by atomic mass is 16.5. The van der Waals surface area contributed by atoms with Gasteiger partial charge in [-0.25, -0.2) is 4.98 Å². The molecular weight excluding hydrogens is 326 g/mol. The number of aryl methyl sites for hydroxylation is 2. The van der Waals surface area contributed by atoms with Gasteiger partial charge < -0.3 is 15.8 Å². The number of carbonyl (C=O) groups excluding carboxylic acids is 1. The maximum atomic E-state index is 12.3. The second-order valence-corrected chi connectivity index (χ2v) is 6.08. The third kappa shape index (κ3) is 4.19. The van der Waals surface area contributed by atoms with Gasteiger partial charge in [-0.3, -0.25) is 4.79 Å². The van der Waals surface area contributed by atoms with E-state index in [1.165, 1.54) is 0 Å². The van der Waals surface area contributed by atoms with Gasteiger partial charge >= 0.3 is 0 Å². The van der Waals surface area contributed by atoms with Crippen LogP contribution in [0.1, 0.15) is 27.2 Å². The number of rotatable bonds is 5. The summed E-state index contributed by atoms with van der Waals surface area (Å²) in [5, 5.41) is 2.86. The summed E-state index contributed by atoms with van der Waals surface area (Å²) in [4.78, 5) is 16.4. The van der Waals surface area contributed by atoms with Crippen LogP contribution in [0.4, 0.5) is 5.82 Å². The number of nitrogens with two attached hydrogens (primary N) is 1. The number of nitrogen functional groups attached to an aromatic ring is 1. The van der Waals surface area contributed by atoms with Gasteiger partial charge in [0.05, 0.1) is 5.56 Å². The standard InChI is InChI=1S/C21H21N3O2/c1-14-6-3-4-9-19(14)26-17-8-5-7-16(12-17)13-23-21(25)18-11-10-15(2)24-20(18)22/h3-12H,13H2,1-2H3,(H2,22,24)(H,23,25). The van der Waals surface area contributed by atoms with E-state index in [1.54, 1.807) is 12.1 Å². The Balaban J connectivity index is 1.67. The summed E-state index contributed by atoms with van der Waals surface area (Å²) in [6.07, 6.45) is 0. The molecule has 0 fully saturated rings. The summed E-state index contributed by atoms with van der Waals surface area (Å²) in [5.41, 5.74) is 8.98. The predicted octanol–water partition coefficient (Wildman–Crippen LogP) is 4.00. The average Bonchev–Trinajstić information content (AvgIpc) is 2.62. The first kappa shape index (κ1) is 17.5. The smallest absolute Gasteiger partial charge is 0.255 e. The van der Waals surface area contributed by atoms with Crippen molar-refractivity contribution in [1.29, 1.82) is 0 Å². The molecule has 1 amide bonds.